The second-order valence-corrected chi connectivity index (χ2v) is 16.2. The average molecular weight is 660 g/mol. The molecular weight excluding hydrogens is 619 g/mol. The lowest BCUT2D eigenvalue weighted by Gasteiger charge is -2.48. The molecule has 0 atom stereocenters. The van der Waals surface area contributed by atoms with Gasteiger partial charge < -0.3 is 9.32 Å². The highest BCUT2D eigenvalue weighted by Gasteiger charge is 2.46. The molecule has 10 rings (SSSR count). The molecule has 2 aliphatic carbocycles. The fourth-order valence-corrected chi connectivity index (χ4v) is 9.39. The molecule has 2 heteroatoms. The van der Waals surface area contributed by atoms with Crippen molar-refractivity contribution >= 4 is 49.8 Å². The smallest absolute Gasteiger partial charge is 0.137 e. The summed E-state index contributed by atoms with van der Waals surface area (Å²) < 4.78 is 6.47. The maximum absolute atomic E-state index is 6.47. The molecule has 0 amide bonds. The minimum Gasteiger partial charge on any atom is -0.456 e. The van der Waals surface area contributed by atoms with Crippen LogP contribution in [0.5, 0.6) is 0 Å². The van der Waals surface area contributed by atoms with Crippen molar-refractivity contribution in [1.29, 1.82) is 0 Å². The third kappa shape index (κ3) is 4.05. The third-order valence-corrected chi connectivity index (χ3v) is 12.8. The van der Waals surface area contributed by atoms with Gasteiger partial charge in [-0.2, -0.15) is 0 Å². The molecule has 1 heterocycles. The van der Waals surface area contributed by atoms with Gasteiger partial charge in [0, 0.05) is 39.3 Å². The van der Waals surface area contributed by atoms with E-state index in [2.05, 4.69) is 180 Å². The van der Waals surface area contributed by atoms with E-state index in [1.165, 1.54) is 55.3 Å². The van der Waals surface area contributed by atoms with E-state index in [0.717, 1.165) is 39.0 Å². The van der Waals surface area contributed by atoms with Crippen molar-refractivity contribution in [2.45, 2.75) is 57.8 Å². The molecule has 0 bridgehead atoms. The molecule has 2 nitrogen and oxygen atoms in total. The van der Waals surface area contributed by atoms with Crippen LogP contribution >= 0.6 is 0 Å². The highest BCUT2D eigenvalue weighted by atomic mass is 16.3. The van der Waals surface area contributed by atoms with E-state index in [-0.39, 0.29) is 16.2 Å². The van der Waals surface area contributed by atoms with Crippen LogP contribution in [-0.4, -0.2) is 0 Å². The van der Waals surface area contributed by atoms with E-state index >= 15 is 0 Å². The molecule has 248 valence electrons. The number of furan rings is 1. The molecular formula is C49H41NO. The quantitative estimate of drug-likeness (QED) is 0.188. The lowest BCUT2D eigenvalue weighted by Crippen LogP contribution is -2.43. The fourth-order valence-electron chi connectivity index (χ4n) is 9.39. The van der Waals surface area contributed by atoms with Crippen molar-refractivity contribution in [3.8, 4) is 22.3 Å². The van der Waals surface area contributed by atoms with Gasteiger partial charge in [0.2, 0.25) is 0 Å². The van der Waals surface area contributed by atoms with Crippen LogP contribution < -0.4 is 4.90 Å². The zero-order chi connectivity index (χ0) is 34.9. The van der Waals surface area contributed by atoms with Gasteiger partial charge in [0.15, 0.2) is 0 Å². The number of nitrogens with zero attached hydrogens (tertiary/aromatic N) is 1. The highest BCUT2D eigenvalue weighted by molar-refractivity contribution is 6.06. The Morgan fingerprint density at radius 2 is 0.961 bits per heavy atom. The highest BCUT2D eigenvalue weighted by Crippen LogP contribution is 2.56. The molecule has 0 aliphatic heterocycles. The maximum atomic E-state index is 6.47. The van der Waals surface area contributed by atoms with Crippen molar-refractivity contribution in [3.63, 3.8) is 0 Å². The first-order chi connectivity index (χ1) is 24.6. The SMILES string of the molecule is CC1(C)c2cc(N(c3ccc4c(c3)C(C)(C)C(C)(C)c3ccccc3-4)c3ccc4c(c3)oc3ccccc34)ccc2-c2ccc3ccccc3c21. The zero-order valence-corrected chi connectivity index (χ0v) is 30.1. The standard InChI is InChI=1S/C49H41NO/c1-47(2)42-27-31(21-25-37(42)40-23-19-30-13-7-8-14-34(30)46(40)47)50(33-22-26-39-38-16-10-12-18-44(38)51-45(39)29-33)32-20-24-36-35-15-9-11-17-41(35)48(3,4)49(5,6)43(36)28-32/h7-29H,1-6H3. The summed E-state index contributed by atoms with van der Waals surface area (Å²) in [6.07, 6.45) is 0. The number of rotatable bonds is 3. The maximum Gasteiger partial charge on any atom is 0.137 e. The summed E-state index contributed by atoms with van der Waals surface area (Å²) in [5.41, 5.74) is 15.7. The number of para-hydroxylation sites is 1. The normalized spacial score (nSPS) is 16.1. The predicted octanol–water partition coefficient (Wildman–Crippen LogP) is 13.8. The first kappa shape index (κ1) is 30.2. The molecule has 0 radical (unpaired) electrons. The van der Waals surface area contributed by atoms with Crippen molar-refractivity contribution in [1.82, 2.24) is 0 Å². The number of benzene rings is 7. The van der Waals surface area contributed by atoms with E-state index in [1.54, 1.807) is 0 Å². The molecule has 0 saturated carbocycles. The summed E-state index contributed by atoms with van der Waals surface area (Å²) in [4.78, 5) is 2.44. The molecule has 0 unspecified atom stereocenters. The lowest BCUT2D eigenvalue weighted by atomic mass is 9.55. The minimum atomic E-state index is -0.165. The summed E-state index contributed by atoms with van der Waals surface area (Å²) in [5.74, 6) is 0. The van der Waals surface area contributed by atoms with Gasteiger partial charge in [0.1, 0.15) is 11.2 Å². The van der Waals surface area contributed by atoms with Crippen molar-refractivity contribution in [3.05, 3.63) is 162 Å². The van der Waals surface area contributed by atoms with Gasteiger partial charge in [0.25, 0.3) is 0 Å². The predicted molar refractivity (Wildman–Crippen MR) is 215 cm³/mol. The Morgan fingerprint density at radius 1 is 0.412 bits per heavy atom. The first-order valence-corrected chi connectivity index (χ1v) is 18.2. The van der Waals surface area contributed by atoms with Gasteiger partial charge in [-0.05, 0) is 109 Å². The Balaban J connectivity index is 1.20. The van der Waals surface area contributed by atoms with Crippen LogP contribution in [0.1, 0.15) is 63.8 Å². The summed E-state index contributed by atoms with van der Waals surface area (Å²) in [7, 11) is 0. The molecule has 1 aromatic heterocycles. The number of hydrogen-bond acceptors (Lipinski definition) is 2. The van der Waals surface area contributed by atoms with Gasteiger partial charge in [-0.25, -0.2) is 0 Å². The summed E-state index contributed by atoms with van der Waals surface area (Å²) in [6.45, 7) is 14.4. The van der Waals surface area contributed by atoms with Crippen molar-refractivity contribution in [2.24, 2.45) is 0 Å². The van der Waals surface area contributed by atoms with Crippen LogP contribution in [0.25, 0.3) is 55.0 Å². The topological polar surface area (TPSA) is 16.4 Å². The van der Waals surface area contributed by atoms with Gasteiger partial charge in [-0.1, -0.05) is 133 Å². The van der Waals surface area contributed by atoms with E-state index in [0.29, 0.717) is 0 Å². The van der Waals surface area contributed by atoms with E-state index in [1.807, 2.05) is 6.07 Å². The molecule has 0 fully saturated rings. The lowest BCUT2D eigenvalue weighted by molar-refractivity contribution is 0.299. The van der Waals surface area contributed by atoms with Crippen LogP contribution in [0.3, 0.4) is 0 Å². The second kappa shape index (κ2) is 10.2. The molecule has 0 N–H and O–H groups in total. The molecule has 7 aromatic carbocycles. The van der Waals surface area contributed by atoms with Gasteiger partial charge in [-0.3, -0.25) is 0 Å². The number of hydrogen-bond donors (Lipinski definition) is 0. The summed E-state index contributed by atoms with van der Waals surface area (Å²) >= 11 is 0. The Labute approximate surface area is 300 Å². The van der Waals surface area contributed by atoms with E-state index < -0.39 is 0 Å². The van der Waals surface area contributed by atoms with Gasteiger partial charge >= 0.3 is 0 Å². The Morgan fingerprint density at radius 3 is 1.76 bits per heavy atom. The van der Waals surface area contributed by atoms with Crippen LogP contribution in [0.4, 0.5) is 17.1 Å². The fraction of sp³-hybridized carbons (Fsp3) is 0.184. The molecule has 0 saturated heterocycles. The summed E-state index contributed by atoms with van der Waals surface area (Å²) in [6, 6.07) is 51.6. The average Bonchev–Trinajstić information content (AvgIpc) is 3.62. The monoisotopic (exact) mass is 659 g/mol. The second-order valence-electron chi connectivity index (χ2n) is 16.2. The molecule has 51 heavy (non-hydrogen) atoms. The number of anilines is 3. The largest absolute Gasteiger partial charge is 0.456 e. The third-order valence-electron chi connectivity index (χ3n) is 12.8. The van der Waals surface area contributed by atoms with Crippen molar-refractivity contribution < 1.29 is 4.42 Å². The van der Waals surface area contributed by atoms with E-state index in [9.17, 15) is 0 Å². The Bertz CT molecular complexity index is 2740. The first-order valence-electron chi connectivity index (χ1n) is 18.2. The van der Waals surface area contributed by atoms with Gasteiger partial charge in [-0.15, -0.1) is 0 Å². The van der Waals surface area contributed by atoms with Crippen LogP contribution in [0, 0.1) is 0 Å². The zero-order valence-electron chi connectivity index (χ0n) is 30.1. The Kier molecular flexibility index (Phi) is 6.07. The Hall–Kier alpha value is -5.60. The van der Waals surface area contributed by atoms with Crippen LogP contribution in [0.15, 0.2) is 144 Å². The molecule has 2 aliphatic rings. The summed E-state index contributed by atoms with van der Waals surface area (Å²) in [5, 5.41) is 4.91. The minimum absolute atomic E-state index is 0.0562. The van der Waals surface area contributed by atoms with Crippen molar-refractivity contribution in [2.75, 3.05) is 4.90 Å². The molecule has 0 spiro atoms. The van der Waals surface area contributed by atoms with E-state index in [4.69, 9.17) is 4.42 Å². The van der Waals surface area contributed by atoms with Crippen LogP contribution in [-0.2, 0) is 16.2 Å². The molecule has 8 aromatic rings. The number of fused-ring (bicyclic) bond motifs is 11. The van der Waals surface area contributed by atoms with Crippen LogP contribution in [0.2, 0.25) is 0 Å². The van der Waals surface area contributed by atoms with Gasteiger partial charge in [0.05, 0.1) is 0 Å².